The molecule has 9 heteroatoms. The number of carbonyl (C=O) groups excluding carboxylic acids is 2. The smallest absolute Gasteiger partial charge is 0.331 e. The van der Waals surface area contributed by atoms with E-state index >= 15 is 0 Å². The lowest BCUT2D eigenvalue weighted by Crippen LogP contribution is -2.35. The van der Waals surface area contributed by atoms with Crippen molar-refractivity contribution in [2.24, 2.45) is 5.73 Å². The van der Waals surface area contributed by atoms with Crippen molar-refractivity contribution >= 4 is 50.6 Å². The number of nitrogens with two attached hydrogens (primary N) is 1. The molecule has 5 rings (SSSR count). The average molecular weight is 431 g/mol. The number of primary amides is 1. The molecule has 0 fully saturated rings. The fourth-order valence-electron chi connectivity index (χ4n) is 3.59. The van der Waals surface area contributed by atoms with Crippen LogP contribution in [0.5, 0.6) is 11.5 Å². The number of aromatic nitrogens is 2. The van der Waals surface area contributed by atoms with Gasteiger partial charge in [0.05, 0.1) is 28.6 Å². The Morgan fingerprint density at radius 3 is 2.65 bits per heavy atom. The van der Waals surface area contributed by atoms with Crippen LogP contribution in [0.3, 0.4) is 0 Å². The highest BCUT2D eigenvalue weighted by Crippen LogP contribution is 2.47. The van der Waals surface area contributed by atoms with Gasteiger partial charge in [0.2, 0.25) is 0 Å². The molecule has 31 heavy (non-hydrogen) atoms. The Morgan fingerprint density at radius 1 is 1.13 bits per heavy atom. The van der Waals surface area contributed by atoms with Crippen LogP contribution >= 0.6 is 11.3 Å². The molecule has 4 aromatic rings. The van der Waals surface area contributed by atoms with E-state index in [1.807, 2.05) is 32.0 Å². The number of pyridine rings is 2. The molecule has 1 aliphatic heterocycles. The first kappa shape index (κ1) is 19.0. The summed E-state index contributed by atoms with van der Waals surface area (Å²) in [6.45, 7) is 3.77. The van der Waals surface area contributed by atoms with Gasteiger partial charge in [-0.25, -0.2) is 9.78 Å². The summed E-state index contributed by atoms with van der Waals surface area (Å²) in [6, 6.07) is 10.4. The minimum atomic E-state index is -0.604. The number of thiophene rings is 1. The summed E-state index contributed by atoms with van der Waals surface area (Å²) >= 11 is 1.17. The predicted octanol–water partition coefficient (Wildman–Crippen LogP) is 4.88. The standard InChI is InChI=1S/C22H17N5O3S/c1-11-9-13(30-14-4-3-12(2)25-10-14)5-6-16(11)27-18-17-15(26-22(27)29)7-8-24-21(17)31-19(18)20(23)28/h3-10H,1-2H3,(H2,23,28)(H,26,29). The summed E-state index contributed by atoms with van der Waals surface area (Å²) in [5, 5.41) is 3.57. The van der Waals surface area contributed by atoms with Gasteiger partial charge >= 0.3 is 6.03 Å². The first-order chi connectivity index (χ1) is 14.9. The summed E-state index contributed by atoms with van der Waals surface area (Å²) in [4.78, 5) is 36.2. The first-order valence-electron chi connectivity index (χ1n) is 9.46. The quantitative estimate of drug-likeness (QED) is 0.478. The molecular weight excluding hydrogens is 414 g/mol. The number of ether oxygens (including phenoxy) is 1. The number of anilines is 3. The van der Waals surface area contributed by atoms with Crippen molar-refractivity contribution in [1.82, 2.24) is 9.97 Å². The average Bonchev–Trinajstić information content (AvgIpc) is 3.12. The highest BCUT2D eigenvalue weighted by atomic mass is 32.1. The maximum atomic E-state index is 13.0. The molecule has 3 amide bonds. The molecule has 4 heterocycles. The molecule has 0 radical (unpaired) electrons. The Morgan fingerprint density at radius 2 is 1.94 bits per heavy atom. The van der Waals surface area contributed by atoms with Gasteiger partial charge in [-0.1, -0.05) is 0 Å². The minimum absolute atomic E-state index is 0.287. The normalized spacial score (nSPS) is 12.7. The Kier molecular flexibility index (Phi) is 4.33. The van der Waals surface area contributed by atoms with Gasteiger partial charge in [-0.2, -0.15) is 0 Å². The van der Waals surface area contributed by atoms with Crippen LogP contribution in [0.4, 0.5) is 21.9 Å². The van der Waals surface area contributed by atoms with Gasteiger partial charge in [0.1, 0.15) is 21.2 Å². The minimum Gasteiger partial charge on any atom is -0.456 e. The van der Waals surface area contributed by atoms with Crippen molar-refractivity contribution < 1.29 is 14.3 Å². The number of hydrogen-bond donors (Lipinski definition) is 2. The second-order valence-corrected chi connectivity index (χ2v) is 8.13. The number of nitrogens with zero attached hydrogens (tertiary/aromatic N) is 3. The van der Waals surface area contributed by atoms with E-state index in [2.05, 4.69) is 15.3 Å². The number of benzene rings is 1. The Balaban J connectivity index is 1.60. The van der Waals surface area contributed by atoms with Gasteiger partial charge in [-0.05, 0) is 55.8 Å². The van der Waals surface area contributed by atoms with Crippen LogP contribution in [-0.4, -0.2) is 21.9 Å². The van der Waals surface area contributed by atoms with Crippen molar-refractivity contribution in [3.8, 4) is 11.5 Å². The summed E-state index contributed by atoms with van der Waals surface area (Å²) in [7, 11) is 0. The van der Waals surface area contributed by atoms with E-state index < -0.39 is 5.91 Å². The summed E-state index contributed by atoms with van der Waals surface area (Å²) in [6.07, 6.45) is 3.25. The molecule has 3 aromatic heterocycles. The van der Waals surface area contributed by atoms with Crippen LogP contribution < -0.4 is 20.7 Å². The van der Waals surface area contributed by atoms with Gasteiger partial charge in [0.15, 0.2) is 0 Å². The number of rotatable bonds is 4. The van der Waals surface area contributed by atoms with E-state index in [0.29, 0.717) is 38.8 Å². The molecule has 0 spiro atoms. The zero-order chi connectivity index (χ0) is 21.7. The molecule has 0 saturated carbocycles. The fourth-order valence-corrected chi connectivity index (χ4v) is 4.59. The number of carbonyl (C=O) groups is 2. The highest BCUT2D eigenvalue weighted by Gasteiger charge is 2.34. The second-order valence-electron chi connectivity index (χ2n) is 7.13. The van der Waals surface area contributed by atoms with Crippen molar-refractivity contribution in [3.63, 3.8) is 0 Å². The first-order valence-corrected chi connectivity index (χ1v) is 10.3. The summed E-state index contributed by atoms with van der Waals surface area (Å²) in [5.41, 5.74) is 9.00. The third-order valence-electron chi connectivity index (χ3n) is 4.99. The SMILES string of the molecule is Cc1ccc(Oc2ccc(N3C(=O)Nc4ccnc5sc(C(N)=O)c3c45)c(C)c2)cn1. The van der Waals surface area contributed by atoms with Gasteiger partial charge < -0.3 is 15.8 Å². The lowest BCUT2D eigenvalue weighted by atomic mass is 10.1. The Labute approximate surface area is 181 Å². The molecule has 154 valence electrons. The maximum Gasteiger partial charge on any atom is 0.331 e. The molecule has 0 atom stereocenters. The predicted molar refractivity (Wildman–Crippen MR) is 120 cm³/mol. The largest absolute Gasteiger partial charge is 0.456 e. The highest BCUT2D eigenvalue weighted by molar-refractivity contribution is 7.21. The van der Waals surface area contributed by atoms with Crippen LogP contribution in [0.25, 0.3) is 10.2 Å². The van der Waals surface area contributed by atoms with E-state index in [1.54, 1.807) is 30.6 Å². The van der Waals surface area contributed by atoms with Gasteiger partial charge in [0.25, 0.3) is 5.91 Å². The van der Waals surface area contributed by atoms with E-state index in [4.69, 9.17) is 10.5 Å². The number of urea groups is 1. The van der Waals surface area contributed by atoms with Crippen LogP contribution in [0.15, 0.2) is 48.8 Å². The summed E-state index contributed by atoms with van der Waals surface area (Å²) in [5.74, 6) is 0.620. The van der Waals surface area contributed by atoms with Gasteiger partial charge in [0, 0.05) is 11.9 Å². The zero-order valence-electron chi connectivity index (χ0n) is 16.7. The third kappa shape index (κ3) is 3.15. The molecule has 1 aliphatic rings. The van der Waals surface area contributed by atoms with Gasteiger partial charge in [-0.3, -0.25) is 14.7 Å². The molecule has 0 aliphatic carbocycles. The van der Waals surface area contributed by atoms with Crippen LogP contribution in [0.1, 0.15) is 20.9 Å². The fraction of sp³-hybridized carbons (Fsp3) is 0.0909. The number of amides is 3. The molecule has 0 unspecified atom stereocenters. The molecule has 1 aromatic carbocycles. The number of aryl methyl sites for hydroxylation is 2. The topological polar surface area (TPSA) is 110 Å². The van der Waals surface area contributed by atoms with Crippen LogP contribution in [-0.2, 0) is 0 Å². The van der Waals surface area contributed by atoms with Crippen molar-refractivity contribution in [2.45, 2.75) is 13.8 Å². The van der Waals surface area contributed by atoms with E-state index in [1.165, 1.54) is 16.2 Å². The van der Waals surface area contributed by atoms with E-state index in [9.17, 15) is 9.59 Å². The maximum absolute atomic E-state index is 13.0. The number of nitrogens with one attached hydrogen (secondary N) is 1. The number of hydrogen-bond acceptors (Lipinski definition) is 6. The third-order valence-corrected chi connectivity index (χ3v) is 6.09. The Hall–Kier alpha value is -3.98. The van der Waals surface area contributed by atoms with Crippen LogP contribution in [0, 0.1) is 13.8 Å². The van der Waals surface area contributed by atoms with Gasteiger partial charge in [-0.15, -0.1) is 11.3 Å². The molecule has 8 nitrogen and oxygen atoms in total. The van der Waals surface area contributed by atoms with Crippen molar-refractivity contribution in [2.75, 3.05) is 10.2 Å². The van der Waals surface area contributed by atoms with E-state index in [0.717, 1.165) is 11.3 Å². The lowest BCUT2D eigenvalue weighted by Gasteiger charge is -2.29. The molecule has 3 N–H and O–H groups in total. The van der Waals surface area contributed by atoms with Crippen molar-refractivity contribution in [3.05, 3.63) is 64.9 Å². The second kappa shape index (κ2) is 7.06. The van der Waals surface area contributed by atoms with Crippen LogP contribution in [0.2, 0.25) is 0 Å². The van der Waals surface area contributed by atoms with Crippen molar-refractivity contribution in [1.29, 1.82) is 0 Å². The lowest BCUT2D eigenvalue weighted by molar-refractivity contribution is 0.100. The van der Waals surface area contributed by atoms with E-state index in [-0.39, 0.29) is 10.9 Å². The Bertz CT molecular complexity index is 1360. The molecule has 0 saturated heterocycles. The molecule has 0 bridgehead atoms. The molecular formula is C22H17N5O3S. The monoisotopic (exact) mass is 431 g/mol. The summed E-state index contributed by atoms with van der Waals surface area (Å²) < 4.78 is 5.88. The zero-order valence-corrected chi connectivity index (χ0v) is 17.5.